The van der Waals surface area contributed by atoms with Crippen LogP contribution in [0.15, 0.2) is 30.6 Å². The zero-order valence-corrected chi connectivity index (χ0v) is 18.0. The molecule has 1 unspecified atom stereocenters. The van der Waals surface area contributed by atoms with Gasteiger partial charge in [-0.25, -0.2) is 4.98 Å². The summed E-state index contributed by atoms with van der Waals surface area (Å²) in [5.74, 6) is 2.21. The number of amides is 1. The Morgan fingerprint density at radius 3 is 2.72 bits per heavy atom. The zero-order chi connectivity index (χ0) is 19.9. The van der Waals surface area contributed by atoms with E-state index in [0.717, 1.165) is 25.5 Å². The first-order valence-corrected chi connectivity index (χ1v) is 9.73. The van der Waals surface area contributed by atoms with E-state index < -0.39 is 0 Å². The second kappa shape index (κ2) is 11.0. The van der Waals surface area contributed by atoms with Crippen LogP contribution < -0.4 is 20.1 Å². The van der Waals surface area contributed by atoms with Gasteiger partial charge < -0.3 is 24.7 Å². The van der Waals surface area contributed by atoms with Crippen molar-refractivity contribution in [3.8, 4) is 11.5 Å². The van der Waals surface area contributed by atoms with Gasteiger partial charge in [-0.05, 0) is 26.0 Å². The lowest BCUT2D eigenvalue weighted by Crippen LogP contribution is -2.49. The van der Waals surface area contributed by atoms with Crippen molar-refractivity contribution in [1.82, 2.24) is 19.8 Å². The molecule has 0 spiro atoms. The van der Waals surface area contributed by atoms with Crippen LogP contribution in [0.4, 0.5) is 5.69 Å². The SMILES string of the molecule is CCOc1ccc(NC(=O)CN2CCNCC2c2nccn2C)cc1OCC.Cl. The minimum atomic E-state index is -0.0623. The Morgan fingerprint density at radius 1 is 1.28 bits per heavy atom. The van der Waals surface area contributed by atoms with E-state index in [2.05, 4.69) is 20.5 Å². The third-order valence-corrected chi connectivity index (χ3v) is 4.68. The molecule has 2 N–H and O–H groups in total. The fourth-order valence-corrected chi connectivity index (χ4v) is 3.40. The summed E-state index contributed by atoms with van der Waals surface area (Å²) in [5, 5.41) is 6.36. The molecule has 1 aliphatic heterocycles. The average Bonchev–Trinajstić information content (AvgIpc) is 3.10. The van der Waals surface area contributed by atoms with E-state index in [1.54, 1.807) is 12.3 Å². The van der Waals surface area contributed by atoms with E-state index in [-0.39, 0.29) is 24.4 Å². The monoisotopic (exact) mass is 423 g/mol. The van der Waals surface area contributed by atoms with Crippen molar-refractivity contribution in [2.45, 2.75) is 19.9 Å². The van der Waals surface area contributed by atoms with E-state index in [0.29, 0.717) is 36.9 Å². The predicted octanol–water partition coefficient (Wildman–Crippen LogP) is 2.22. The number of benzene rings is 1. The molecule has 2 heterocycles. The number of aromatic nitrogens is 2. The van der Waals surface area contributed by atoms with Gasteiger partial charge in [-0.15, -0.1) is 12.4 Å². The lowest BCUT2D eigenvalue weighted by Gasteiger charge is -2.35. The van der Waals surface area contributed by atoms with Gasteiger partial charge >= 0.3 is 0 Å². The summed E-state index contributed by atoms with van der Waals surface area (Å²) >= 11 is 0. The largest absolute Gasteiger partial charge is 0.490 e. The number of aryl methyl sites for hydroxylation is 1. The van der Waals surface area contributed by atoms with Crippen LogP contribution in [0, 0.1) is 0 Å². The van der Waals surface area contributed by atoms with Gasteiger partial charge in [0.25, 0.3) is 0 Å². The Balaban J connectivity index is 0.00000300. The van der Waals surface area contributed by atoms with Gasteiger partial charge in [0.2, 0.25) is 5.91 Å². The number of carbonyl (C=O) groups is 1. The molecule has 29 heavy (non-hydrogen) atoms. The molecule has 0 aliphatic carbocycles. The van der Waals surface area contributed by atoms with Crippen LogP contribution in [-0.2, 0) is 11.8 Å². The van der Waals surface area contributed by atoms with Crippen molar-refractivity contribution in [3.63, 3.8) is 0 Å². The average molecular weight is 424 g/mol. The standard InChI is InChI=1S/C20H29N5O3.ClH/c1-4-27-17-7-6-15(12-18(17)28-5-2)23-19(26)14-25-11-8-21-13-16(25)20-22-9-10-24(20)3;/h6-7,9-10,12,16,21H,4-5,8,11,13-14H2,1-3H3,(H,23,26);1H. The number of nitrogens with zero attached hydrogens (tertiary/aromatic N) is 3. The van der Waals surface area contributed by atoms with Gasteiger partial charge in [0.15, 0.2) is 11.5 Å². The van der Waals surface area contributed by atoms with Crippen molar-refractivity contribution in [2.75, 3.05) is 44.7 Å². The first kappa shape index (κ1) is 23.0. The molecule has 2 aromatic rings. The zero-order valence-electron chi connectivity index (χ0n) is 17.2. The number of anilines is 1. The normalized spacial score (nSPS) is 16.7. The van der Waals surface area contributed by atoms with E-state index in [4.69, 9.17) is 9.47 Å². The Kier molecular flexibility index (Phi) is 8.75. The van der Waals surface area contributed by atoms with Crippen LogP contribution >= 0.6 is 12.4 Å². The number of hydrogen-bond acceptors (Lipinski definition) is 6. The predicted molar refractivity (Wildman–Crippen MR) is 115 cm³/mol. The fraction of sp³-hybridized carbons (Fsp3) is 0.500. The number of piperazine rings is 1. The van der Waals surface area contributed by atoms with E-state index in [1.165, 1.54) is 0 Å². The van der Waals surface area contributed by atoms with Crippen molar-refractivity contribution < 1.29 is 14.3 Å². The van der Waals surface area contributed by atoms with Gasteiger partial charge in [0, 0.05) is 50.8 Å². The molecule has 8 nitrogen and oxygen atoms in total. The molecule has 1 atom stereocenters. The molecular weight excluding hydrogens is 394 g/mol. The van der Waals surface area contributed by atoms with Crippen molar-refractivity contribution in [2.24, 2.45) is 7.05 Å². The highest BCUT2D eigenvalue weighted by molar-refractivity contribution is 5.92. The van der Waals surface area contributed by atoms with Crippen molar-refractivity contribution in [1.29, 1.82) is 0 Å². The van der Waals surface area contributed by atoms with Crippen molar-refractivity contribution >= 4 is 24.0 Å². The van der Waals surface area contributed by atoms with Gasteiger partial charge in [0.05, 0.1) is 25.8 Å². The minimum absolute atomic E-state index is 0. The van der Waals surface area contributed by atoms with Gasteiger partial charge in [-0.3, -0.25) is 9.69 Å². The number of ether oxygens (including phenoxy) is 2. The van der Waals surface area contributed by atoms with E-state index >= 15 is 0 Å². The fourth-order valence-electron chi connectivity index (χ4n) is 3.40. The maximum atomic E-state index is 12.7. The molecule has 9 heteroatoms. The third-order valence-electron chi connectivity index (χ3n) is 4.68. The van der Waals surface area contributed by atoms with Gasteiger partial charge in [-0.2, -0.15) is 0 Å². The highest BCUT2D eigenvalue weighted by Crippen LogP contribution is 2.30. The summed E-state index contributed by atoms with van der Waals surface area (Å²) in [6, 6.07) is 5.53. The summed E-state index contributed by atoms with van der Waals surface area (Å²) in [5.41, 5.74) is 0.695. The molecule has 160 valence electrons. The third kappa shape index (κ3) is 5.85. The highest BCUT2D eigenvalue weighted by atomic mass is 35.5. The summed E-state index contributed by atoms with van der Waals surface area (Å²) in [6.45, 7) is 7.66. The molecular formula is C20H30ClN5O3. The number of rotatable bonds is 8. The van der Waals surface area contributed by atoms with E-state index in [1.807, 2.05) is 43.8 Å². The van der Waals surface area contributed by atoms with Gasteiger partial charge in [-0.1, -0.05) is 0 Å². The summed E-state index contributed by atoms with van der Waals surface area (Å²) in [6.07, 6.45) is 3.72. The lowest BCUT2D eigenvalue weighted by atomic mass is 10.1. The molecule has 0 radical (unpaired) electrons. The van der Waals surface area contributed by atoms with Crippen LogP contribution in [0.2, 0.25) is 0 Å². The lowest BCUT2D eigenvalue weighted by molar-refractivity contribution is -0.118. The molecule has 0 bridgehead atoms. The first-order valence-electron chi connectivity index (χ1n) is 9.73. The first-order chi connectivity index (χ1) is 13.6. The molecule has 3 rings (SSSR count). The second-order valence-electron chi connectivity index (χ2n) is 6.66. The minimum Gasteiger partial charge on any atom is -0.490 e. The number of imidazole rings is 1. The van der Waals surface area contributed by atoms with Crippen LogP contribution in [-0.4, -0.2) is 59.8 Å². The Bertz CT molecular complexity index is 798. The summed E-state index contributed by atoms with van der Waals surface area (Å²) < 4.78 is 13.2. The Hall–Kier alpha value is -2.29. The number of halogens is 1. The molecule has 1 amide bonds. The van der Waals surface area contributed by atoms with E-state index in [9.17, 15) is 4.79 Å². The quantitative estimate of drug-likeness (QED) is 0.677. The Morgan fingerprint density at radius 2 is 2.03 bits per heavy atom. The second-order valence-corrected chi connectivity index (χ2v) is 6.66. The van der Waals surface area contributed by atoms with Crippen LogP contribution in [0.3, 0.4) is 0 Å². The summed E-state index contributed by atoms with van der Waals surface area (Å²) in [7, 11) is 1.98. The van der Waals surface area contributed by atoms with Crippen molar-refractivity contribution in [3.05, 3.63) is 36.4 Å². The van der Waals surface area contributed by atoms with Gasteiger partial charge in [0.1, 0.15) is 5.82 Å². The molecule has 1 aromatic carbocycles. The number of nitrogens with one attached hydrogen (secondary N) is 2. The maximum Gasteiger partial charge on any atom is 0.238 e. The topological polar surface area (TPSA) is 80.7 Å². The number of carbonyl (C=O) groups excluding carboxylic acids is 1. The highest BCUT2D eigenvalue weighted by Gasteiger charge is 2.28. The molecule has 1 saturated heterocycles. The maximum absolute atomic E-state index is 12.7. The Labute approximate surface area is 178 Å². The molecule has 1 aromatic heterocycles. The van der Waals surface area contributed by atoms with Crippen LogP contribution in [0.25, 0.3) is 0 Å². The van der Waals surface area contributed by atoms with Crippen LogP contribution in [0.5, 0.6) is 11.5 Å². The molecule has 1 fully saturated rings. The summed E-state index contributed by atoms with van der Waals surface area (Å²) in [4.78, 5) is 19.3. The van der Waals surface area contributed by atoms with Crippen LogP contribution in [0.1, 0.15) is 25.7 Å². The molecule has 0 saturated carbocycles. The molecule has 1 aliphatic rings. The smallest absolute Gasteiger partial charge is 0.238 e. The number of hydrogen-bond donors (Lipinski definition) is 2.